The standard InChI is InChI=1S/C23H12F6N2O4/c1-3-10(2)31-19(34)14-7-5-12(9-16(14)20(31)35)21(22(24,25)26,23(27,28)29)11-4-6-13-15(8-11)18(33)30-17(13)32/h3-9H,1-2H2,(H,30,32,33). The van der Waals surface area contributed by atoms with Crippen LogP contribution in [0.2, 0.25) is 0 Å². The summed E-state index contributed by atoms with van der Waals surface area (Å²) in [5.74, 6) is -4.28. The predicted molar refractivity (Wildman–Crippen MR) is 107 cm³/mol. The van der Waals surface area contributed by atoms with E-state index in [4.69, 9.17) is 0 Å². The van der Waals surface area contributed by atoms with Crippen LogP contribution in [0.5, 0.6) is 0 Å². The van der Waals surface area contributed by atoms with Gasteiger partial charge in [-0.05, 0) is 41.5 Å². The third-order valence-corrected chi connectivity index (χ3v) is 5.86. The van der Waals surface area contributed by atoms with E-state index in [0.29, 0.717) is 41.3 Å². The Morgan fingerprint density at radius 2 is 1.20 bits per heavy atom. The smallest absolute Gasteiger partial charge is 0.288 e. The van der Waals surface area contributed by atoms with E-state index in [1.54, 1.807) is 5.32 Å². The molecule has 0 saturated heterocycles. The number of imide groups is 2. The number of nitrogens with zero attached hydrogens (tertiary/aromatic N) is 1. The fourth-order valence-corrected chi connectivity index (χ4v) is 4.21. The molecule has 2 aliphatic heterocycles. The molecular formula is C23H12F6N2O4. The zero-order valence-electron chi connectivity index (χ0n) is 17.3. The van der Waals surface area contributed by atoms with Crippen LogP contribution in [0.15, 0.2) is 61.3 Å². The van der Waals surface area contributed by atoms with Crippen LogP contribution in [-0.2, 0) is 5.41 Å². The summed E-state index contributed by atoms with van der Waals surface area (Å²) in [5.41, 5.74) is -9.89. The van der Waals surface area contributed by atoms with Gasteiger partial charge in [-0.3, -0.25) is 24.5 Å². The van der Waals surface area contributed by atoms with Gasteiger partial charge in [-0.25, -0.2) is 4.90 Å². The van der Waals surface area contributed by atoms with Crippen molar-refractivity contribution in [3.8, 4) is 0 Å². The molecule has 2 aliphatic rings. The molecule has 4 amide bonds. The van der Waals surface area contributed by atoms with Crippen molar-refractivity contribution in [3.63, 3.8) is 0 Å². The number of benzene rings is 2. The van der Waals surface area contributed by atoms with Crippen molar-refractivity contribution >= 4 is 23.6 Å². The van der Waals surface area contributed by atoms with Gasteiger partial charge in [0.05, 0.1) is 22.3 Å². The lowest BCUT2D eigenvalue weighted by molar-refractivity contribution is -0.288. The van der Waals surface area contributed by atoms with Crippen LogP contribution >= 0.6 is 0 Å². The molecule has 0 saturated carbocycles. The Kier molecular flexibility index (Phi) is 5.05. The molecule has 0 fully saturated rings. The van der Waals surface area contributed by atoms with E-state index in [0.717, 1.165) is 6.08 Å². The molecule has 0 atom stereocenters. The maximum Gasteiger partial charge on any atom is 0.411 e. The number of alkyl halides is 6. The Bertz CT molecular complexity index is 1360. The zero-order valence-corrected chi connectivity index (χ0v) is 17.3. The molecule has 4 rings (SSSR count). The molecule has 2 heterocycles. The lowest BCUT2D eigenvalue weighted by Gasteiger charge is -2.38. The molecule has 0 aromatic heterocycles. The highest BCUT2D eigenvalue weighted by Gasteiger charge is 2.73. The number of halogens is 6. The molecule has 1 N–H and O–H groups in total. The SMILES string of the molecule is C=CC(=C)N1C(=O)c2ccc(C(c3ccc4c(c3)C(=O)NC4=O)(C(F)(F)F)C(F)(F)F)cc2C1=O. The lowest BCUT2D eigenvalue weighted by atomic mass is 9.71. The molecular weight excluding hydrogens is 482 g/mol. The average molecular weight is 494 g/mol. The molecule has 180 valence electrons. The molecule has 0 unspecified atom stereocenters. The largest absolute Gasteiger partial charge is 0.411 e. The van der Waals surface area contributed by atoms with Crippen LogP contribution < -0.4 is 5.32 Å². The summed E-state index contributed by atoms with van der Waals surface area (Å²) in [6.07, 6.45) is -11.0. The highest BCUT2D eigenvalue weighted by molar-refractivity contribution is 6.23. The van der Waals surface area contributed by atoms with Crippen molar-refractivity contribution in [3.05, 3.63) is 94.7 Å². The number of allylic oxidation sites excluding steroid dienone is 1. The highest BCUT2D eigenvalue weighted by atomic mass is 19.4. The van der Waals surface area contributed by atoms with E-state index >= 15 is 0 Å². The minimum absolute atomic E-state index is 0.218. The summed E-state index contributed by atoms with van der Waals surface area (Å²) >= 11 is 0. The van der Waals surface area contributed by atoms with Gasteiger partial charge in [0.1, 0.15) is 0 Å². The second-order valence-electron chi connectivity index (χ2n) is 7.69. The molecule has 12 heteroatoms. The second kappa shape index (κ2) is 7.39. The summed E-state index contributed by atoms with van der Waals surface area (Å²) < 4.78 is 86.9. The summed E-state index contributed by atoms with van der Waals surface area (Å²) in [5, 5.41) is 1.80. The van der Waals surface area contributed by atoms with Gasteiger partial charge in [0.2, 0.25) is 5.41 Å². The monoisotopic (exact) mass is 494 g/mol. The normalized spacial score (nSPS) is 15.8. The summed E-state index contributed by atoms with van der Waals surface area (Å²) in [6, 6.07) is 2.98. The fourth-order valence-electron chi connectivity index (χ4n) is 4.21. The second-order valence-corrected chi connectivity index (χ2v) is 7.69. The quantitative estimate of drug-likeness (QED) is 0.391. The van der Waals surface area contributed by atoms with Crippen molar-refractivity contribution in [2.75, 3.05) is 0 Å². The Morgan fingerprint density at radius 1 is 0.743 bits per heavy atom. The zero-order chi connectivity index (χ0) is 26.1. The van der Waals surface area contributed by atoms with Gasteiger partial charge in [0.15, 0.2) is 0 Å². The first-order chi connectivity index (χ1) is 16.2. The minimum atomic E-state index is -6.02. The van der Waals surface area contributed by atoms with E-state index in [-0.39, 0.29) is 11.3 Å². The maximum atomic E-state index is 14.5. The molecule has 0 radical (unpaired) electrons. The number of rotatable bonds is 4. The third kappa shape index (κ3) is 3.12. The van der Waals surface area contributed by atoms with Crippen LogP contribution in [-0.4, -0.2) is 40.9 Å². The molecule has 0 aliphatic carbocycles. The van der Waals surface area contributed by atoms with Crippen LogP contribution in [0, 0.1) is 0 Å². The summed E-state index contributed by atoms with van der Waals surface area (Å²) in [7, 11) is 0. The van der Waals surface area contributed by atoms with E-state index < -0.39 is 69.2 Å². The number of nitrogens with one attached hydrogen (secondary N) is 1. The first kappa shape index (κ1) is 23.9. The van der Waals surface area contributed by atoms with Gasteiger partial charge >= 0.3 is 12.4 Å². The number of amides is 4. The van der Waals surface area contributed by atoms with Crippen molar-refractivity contribution in [2.45, 2.75) is 17.8 Å². The first-order valence-electron chi connectivity index (χ1n) is 9.65. The Labute approximate surface area is 192 Å². The molecule has 2 aromatic rings. The first-order valence-corrected chi connectivity index (χ1v) is 9.65. The van der Waals surface area contributed by atoms with Gasteiger partial charge in [0, 0.05) is 5.70 Å². The van der Waals surface area contributed by atoms with Crippen molar-refractivity contribution in [1.82, 2.24) is 10.2 Å². The third-order valence-electron chi connectivity index (χ3n) is 5.86. The summed E-state index contributed by atoms with van der Waals surface area (Å²) in [6.45, 7) is 6.76. The van der Waals surface area contributed by atoms with E-state index in [2.05, 4.69) is 13.2 Å². The highest BCUT2D eigenvalue weighted by Crippen LogP contribution is 2.56. The number of carbonyl (C=O) groups excluding carboxylic acids is 4. The average Bonchev–Trinajstić information content (AvgIpc) is 3.18. The van der Waals surface area contributed by atoms with Crippen molar-refractivity contribution < 1.29 is 45.5 Å². The van der Waals surface area contributed by atoms with Crippen LogP contribution in [0.4, 0.5) is 26.3 Å². The van der Waals surface area contributed by atoms with Gasteiger partial charge in [-0.2, -0.15) is 26.3 Å². The molecule has 35 heavy (non-hydrogen) atoms. The Balaban J connectivity index is 2.02. The number of fused-ring (bicyclic) bond motifs is 2. The van der Waals surface area contributed by atoms with Crippen molar-refractivity contribution in [1.29, 1.82) is 0 Å². The van der Waals surface area contributed by atoms with Gasteiger partial charge in [-0.1, -0.05) is 25.3 Å². The molecule has 2 aromatic carbocycles. The van der Waals surface area contributed by atoms with Crippen LogP contribution in [0.3, 0.4) is 0 Å². The number of carbonyl (C=O) groups is 4. The molecule has 0 bridgehead atoms. The lowest BCUT2D eigenvalue weighted by Crippen LogP contribution is -2.55. The van der Waals surface area contributed by atoms with E-state index in [9.17, 15) is 45.5 Å². The van der Waals surface area contributed by atoms with Crippen LogP contribution in [0.1, 0.15) is 52.6 Å². The van der Waals surface area contributed by atoms with Gasteiger partial charge in [0.25, 0.3) is 23.6 Å². The van der Waals surface area contributed by atoms with E-state index in [1.165, 1.54) is 0 Å². The maximum absolute atomic E-state index is 14.5. The predicted octanol–water partition coefficient (Wildman–Crippen LogP) is 4.28. The Hall–Kier alpha value is -4.22. The molecule has 0 spiro atoms. The topological polar surface area (TPSA) is 83.6 Å². The Morgan fingerprint density at radius 3 is 1.71 bits per heavy atom. The van der Waals surface area contributed by atoms with E-state index in [1.807, 2.05) is 0 Å². The van der Waals surface area contributed by atoms with Gasteiger partial charge in [-0.15, -0.1) is 0 Å². The molecule has 6 nitrogen and oxygen atoms in total. The fraction of sp³-hybridized carbons (Fsp3) is 0.130. The number of hydrogen-bond donors (Lipinski definition) is 1. The van der Waals surface area contributed by atoms with Crippen molar-refractivity contribution in [2.24, 2.45) is 0 Å². The number of hydrogen-bond acceptors (Lipinski definition) is 4. The van der Waals surface area contributed by atoms with Crippen LogP contribution in [0.25, 0.3) is 0 Å². The minimum Gasteiger partial charge on any atom is -0.288 e. The summed E-state index contributed by atoms with van der Waals surface area (Å²) in [4.78, 5) is 49.4. The van der Waals surface area contributed by atoms with Gasteiger partial charge < -0.3 is 0 Å².